The molecule has 2 heterocycles. The molecule has 3 fully saturated rings. The molecule has 0 spiro atoms. The lowest BCUT2D eigenvalue weighted by atomic mass is 10.2. The van der Waals surface area contributed by atoms with Crippen LogP contribution in [0.2, 0.25) is 0 Å². The number of benzene rings is 1. The van der Waals surface area contributed by atoms with Gasteiger partial charge in [-0.2, -0.15) is 0 Å². The molecule has 1 aromatic carbocycles. The molecule has 2 unspecified atom stereocenters. The average Bonchev–Trinajstić information content (AvgIpc) is 2.99. The molecule has 3 aliphatic rings. The van der Waals surface area contributed by atoms with Gasteiger partial charge in [-0.05, 0) is 18.2 Å². The highest BCUT2D eigenvalue weighted by Gasteiger charge is 2.56. The Morgan fingerprint density at radius 2 is 2.07 bits per heavy atom. The smallest absolute Gasteiger partial charge is 0.414 e. The predicted molar refractivity (Wildman–Crippen MR) is 101 cm³/mol. The lowest BCUT2D eigenvalue weighted by Crippen LogP contribution is -2.38. The maximum Gasteiger partial charge on any atom is 0.414 e. The van der Waals surface area contributed by atoms with Crippen LogP contribution in [0.25, 0.3) is 0 Å². The predicted octanol–water partition coefficient (Wildman–Crippen LogP) is 0.205. The standard InChI is InChI=1S/C18H23FN6O3/c1-9(26)22-5-11-6-25(18(27)28-11)10-2-3-15(14(19)4-10)24-7-12-13(8-24)16(12)23-17(20)21/h2-4,11-13,16H,5-8H2,1H3,(H,22,26)(H4,20,21,23)/t11-,12?,13?,16?/m0/s1. The van der Waals surface area contributed by atoms with Crippen molar-refractivity contribution in [1.82, 2.24) is 10.6 Å². The Kier molecular flexibility index (Phi) is 4.48. The van der Waals surface area contributed by atoms with Crippen LogP contribution < -0.4 is 26.2 Å². The number of fused-ring (bicyclic) bond motifs is 1. The van der Waals surface area contributed by atoms with Gasteiger partial charge in [0.2, 0.25) is 5.91 Å². The number of hydrogen-bond donors (Lipinski definition) is 4. The maximum absolute atomic E-state index is 14.7. The SMILES string of the molecule is CC(=O)NC[C@H]1CN(c2ccc(N3CC4C(C3)C4NC(=N)N)c(F)c2)C(=O)O1. The van der Waals surface area contributed by atoms with E-state index in [9.17, 15) is 14.0 Å². The number of anilines is 2. The molecule has 4 rings (SSSR count). The van der Waals surface area contributed by atoms with E-state index in [-0.39, 0.29) is 31.0 Å². The number of nitrogens with one attached hydrogen (secondary N) is 3. The van der Waals surface area contributed by atoms with Crippen molar-refractivity contribution in [2.45, 2.75) is 19.1 Å². The van der Waals surface area contributed by atoms with Gasteiger partial charge in [-0.3, -0.25) is 15.1 Å². The van der Waals surface area contributed by atoms with Crippen LogP contribution in [-0.4, -0.2) is 56.3 Å². The van der Waals surface area contributed by atoms with E-state index in [1.54, 1.807) is 12.1 Å². The summed E-state index contributed by atoms with van der Waals surface area (Å²) in [6.07, 6.45) is -1.02. The third kappa shape index (κ3) is 3.41. The number of rotatable bonds is 5. The minimum absolute atomic E-state index is 0.0317. The first-order valence-corrected chi connectivity index (χ1v) is 9.21. The summed E-state index contributed by atoms with van der Waals surface area (Å²) in [4.78, 5) is 26.4. The number of halogens is 1. The number of ether oxygens (including phenoxy) is 1. The van der Waals surface area contributed by atoms with Gasteiger partial charge < -0.3 is 26.0 Å². The summed E-state index contributed by atoms with van der Waals surface area (Å²) in [7, 11) is 0. The number of hydrogen-bond acceptors (Lipinski definition) is 5. The van der Waals surface area contributed by atoms with Gasteiger partial charge >= 0.3 is 6.09 Å². The highest BCUT2D eigenvalue weighted by atomic mass is 19.1. The number of amides is 2. The summed E-state index contributed by atoms with van der Waals surface area (Å²) in [5.74, 6) is 0.107. The summed E-state index contributed by atoms with van der Waals surface area (Å²) in [6.45, 7) is 3.28. The minimum atomic E-state index is -0.553. The first kappa shape index (κ1) is 18.3. The minimum Gasteiger partial charge on any atom is -0.442 e. The Labute approximate surface area is 161 Å². The quantitative estimate of drug-likeness (QED) is 0.421. The van der Waals surface area contributed by atoms with Crippen LogP contribution in [0.4, 0.5) is 20.6 Å². The van der Waals surface area contributed by atoms with E-state index in [4.69, 9.17) is 15.9 Å². The molecule has 9 nitrogen and oxygen atoms in total. The van der Waals surface area contributed by atoms with Gasteiger partial charge in [0.1, 0.15) is 11.9 Å². The van der Waals surface area contributed by atoms with Crippen molar-refractivity contribution in [1.29, 1.82) is 5.41 Å². The molecule has 3 atom stereocenters. The Morgan fingerprint density at radius 3 is 2.68 bits per heavy atom. The number of guanidine groups is 1. The van der Waals surface area contributed by atoms with Crippen LogP contribution in [-0.2, 0) is 9.53 Å². The van der Waals surface area contributed by atoms with Crippen molar-refractivity contribution >= 4 is 29.3 Å². The van der Waals surface area contributed by atoms with E-state index in [0.29, 0.717) is 36.3 Å². The molecule has 150 valence electrons. The summed E-state index contributed by atoms with van der Waals surface area (Å²) in [5, 5.41) is 12.9. The fraction of sp³-hybridized carbons (Fsp3) is 0.500. The summed E-state index contributed by atoms with van der Waals surface area (Å²) in [5.41, 5.74) is 6.30. The summed E-state index contributed by atoms with van der Waals surface area (Å²) in [6, 6.07) is 4.93. The molecule has 5 N–H and O–H groups in total. The average molecular weight is 390 g/mol. The van der Waals surface area contributed by atoms with Crippen LogP contribution in [0.15, 0.2) is 18.2 Å². The van der Waals surface area contributed by atoms with Crippen molar-refractivity contribution in [2.75, 3.05) is 36.0 Å². The second-order valence-corrected chi connectivity index (χ2v) is 7.51. The Hall–Kier alpha value is -3.04. The van der Waals surface area contributed by atoms with E-state index in [0.717, 1.165) is 0 Å². The van der Waals surface area contributed by atoms with Gasteiger partial charge in [0.05, 0.1) is 24.5 Å². The molecule has 0 radical (unpaired) electrons. The van der Waals surface area contributed by atoms with Gasteiger partial charge in [-0.15, -0.1) is 0 Å². The number of piperidine rings is 1. The Morgan fingerprint density at radius 1 is 1.36 bits per heavy atom. The molecule has 2 amide bonds. The van der Waals surface area contributed by atoms with Crippen molar-refractivity contribution in [3.63, 3.8) is 0 Å². The zero-order chi connectivity index (χ0) is 20.0. The number of nitrogens with two attached hydrogens (primary N) is 1. The largest absolute Gasteiger partial charge is 0.442 e. The highest BCUT2D eigenvalue weighted by molar-refractivity contribution is 5.90. The second-order valence-electron chi connectivity index (χ2n) is 7.51. The molecule has 1 aromatic rings. The zero-order valence-corrected chi connectivity index (χ0v) is 15.4. The first-order chi connectivity index (χ1) is 13.3. The van der Waals surface area contributed by atoms with Crippen LogP contribution in [0.5, 0.6) is 0 Å². The van der Waals surface area contributed by atoms with Crippen molar-refractivity contribution in [2.24, 2.45) is 17.6 Å². The lowest BCUT2D eigenvalue weighted by molar-refractivity contribution is -0.119. The highest BCUT2D eigenvalue weighted by Crippen LogP contribution is 2.47. The van der Waals surface area contributed by atoms with Gasteiger partial charge in [0, 0.05) is 37.9 Å². The summed E-state index contributed by atoms with van der Waals surface area (Å²) < 4.78 is 20.0. The topological polar surface area (TPSA) is 124 Å². The van der Waals surface area contributed by atoms with E-state index >= 15 is 0 Å². The molecule has 28 heavy (non-hydrogen) atoms. The summed E-state index contributed by atoms with van der Waals surface area (Å²) >= 11 is 0. The Balaban J connectivity index is 1.39. The number of carbonyl (C=O) groups excluding carboxylic acids is 2. The molecule has 10 heteroatoms. The van der Waals surface area contributed by atoms with Gasteiger partial charge in [0.25, 0.3) is 0 Å². The number of cyclic esters (lactones) is 1. The normalized spacial score (nSPS) is 28.0. The van der Waals surface area contributed by atoms with E-state index in [2.05, 4.69) is 10.6 Å². The van der Waals surface area contributed by atoms with E-state index in [1.807, 2.05) is 4.90 Å². The van der Waals surface area contributed by atoms with Crippen LogP contribution in [0.3, 0.4) is 0 Å². The van der Waals surface area contributed by atoms with Crippen molar-refractivity contribution < 1.29 is 18.7 Å². The second kappa shape index (κ2) is 6.84. The third-order valence-electron chi connectivity index (χ3n) is 5.55. The first-order valence-electron chi connectivity index (χ1n) is 9.21. The number of nitrogens with zero attached hydrogens (tertiary/aromatic N) is 2. The van der Waals surface area contributed by atoms with E-state index < -0.39 is 18.0 Å². The Bertz CT molecular complexity index is 822. The fourth-order valence-electron chi connectivity index (χ4n) is 4.13. The van der Waals surface area contributed by atoms with Crippen LogP contribution >= 0.6 is 0 Å². The van der Waals surface area contributed by atoms with Crippen LogP contribution in [0, 0.1) is 23.1 Å². The van der Waals surface area contributed by atoms with Gasteiger partial charge in [0.15, 0.2) is 5.96 Å². The molecule has 0 aromatic heterocycles. The van der Waals surface area contributed by atoms with E-state index in [1.165, 1.54) is 17.9 Å². The molecule has 0 bridgehead atoms. The van der Waals surface area contributed by atoms with Crippen molar-refractivity contribution in [3.05, 3.63) is 24.0 Å². The van der Waals surface area contributed by atoms with Gasteiger partial charge in [-0.1, -0.05) is 0 Å². The molecule has 2 saturated heterocycles. The van der Waals surface area contributed by atoms with Crippen LogP contribution in [0.1, 0.15) is 6.92 Å². The molecule has 1 saturated carbocycles. The monoisotopic (exact) mass is 390 g/mol. The van der Waals surface area contributed by atoms with Gasteiger partial charge in [-0.25, -0.2) is 9.18 Å². The molecular formula is C18H23FN6O3. The molecule has 1 aliphatic carbocycles. The maximum atomic E-state index is 14.7. The number of carbonyl (C=O) groups is 2. The third-order valence-corrected chi connectivity index (χ3v) is 5.55. The molecular weight excluding hydrogens is 367 g/mol. The fourth-order valence-corrected chi connectivity index (χ4v) is 4.13. The zero-order valence-electron chi connectivity index (χ0n) is 15.4. The van der Waals surface area contributed by atoms with Crippen molar-refractivity contribution in [3.8, 4) is 0 Å². The molecule has 2 aliphatic heterocycles. The lowest BCUT2D eigenvalue weighted by Gasteiger charge is -2.24.